The van der Waals surface area contributed by atoms with Gasteiger partial charge in [-0.05, 0) is 29.4 Å². The summed E-state index contributed by atoms with van der Waals surface area (Å²) in [5.74, 6) is 1.45. The van der Waals surface area contributed by atoms with Crippen molar-refractivity contribution in [3.8, 4) is 0 Å². The van der Waals surface area contributed by atoms with E-state index in [9.17, 15) is 0 Å². The number of fused-ring (bicyclic) bond motifs is 2. The molecular weight excluding hydrogens is 224 g/mol. The van der Waals surface area contributed by atoms with E-state index < -0.39 is 0 Å². The van der Waals surface area contributed by atoms with Crippen LogP contribution in [0.25, 0.3) is 5.57 Å². The van der Waals surface area contributed by atoms with Gasteiger partial charge in [0.2, 0.25) is 0 Å². The predicted octanol–water partition coefficient (Wildman–Crippen LogP) is 4.62. The Hall–Kier alpha value is -0.690. The van der Waals surface area contributed by atoms with E-state index in [-0.39, 0.29) is 0 Å². The lowest BCUT2D eigenvalue weighted by Gasteiger charge is -2.27. The highest BCUT2D eigenvalue weighted by Crippen LogP contribution is 2.56. The van der Waals surface area contributed by atoms with E-state index in [1.54, 1.807) is 5.57 Å². The second kappa shape index (κ2) is 3.91. The predicted molar refractivity (Wildman–Crippen MR) is 77.1 cm³/mol. The Kier molecular flexibility index (Phi) is 2.62. The highest BCUT2D eigenvalue weighted by molar-refractivity contribution is 8.01. The van der Waals surface area contributed by atoms with Gasteiger partial charge in [-0.15, -0.1) is 0 Å². The van der Waals surface area contributed by atoms with Gasteiger partial charge in [0.05, 0.1) is 0 Å². The number of hydrogen-bond acceptors (Lipinski definition) is 1. The summed E-state index contributed by atoms with van der Waals surface area (Å²) in [6.07, 6.45) is 3.92. The summed E-state index contributed by atoms with van der Waals surface area (Å²) in [4.78, 5) is 0. The van der Waals surface area contributed by atoms with Crippen LogP contribution in [0.4, 0.5) is 0 Å². The van der Waals surface area contributed by atoms with Crippen molar-refractivity contribution < 1.29 is 0 Å². The minimum absolute atomic E-state index is 0.426. The summed E-state index contributed by atoms with van der Waals surface area (Å²) in [6.45, 7) is 7.20. The van der Waals surface area contributed by atoms with Gasteiger partial charge in [0.25, 0.3) is 0 Å². The Bertz CT molecular complexity index is 444. The highest BCUT2D eigenvalue weighted by atomic mass is 32.2. The lowest BCUT2D eigenvalue weighted by molar-refractivity contribution is 0.470. The van der Waals surface area contributed by atoms with E-state index in [1.807, 2.05) is 0 Å². The van der Waals surface area contributed by atoms with Gasteiger partial charge in [0, 0.05) is 10.00 Å². The lowest BCUT2D eigenvalue weighted by Crippen LogP contribution is -2.22. The molecule has 1 aliphatic heterocycles. The molecule has 1 aliphatic carbocycles. The van der Waals surface area contributed by atoms with Crippen molar-refractivity contribution in [2.75, 3.05) is 0 Å². The van der Waals surface area contributed by atoms with E-state index in [0.717, 1.165) is 11.2 Å². The van der Waals surface area contributed by atoms with Crippen LogP contribution in [0.3, 0.4) is 0 Å². The first-order chi connectivity index (χ1) is 8.08. The molecule has 90 valence electrons. The minimum Gasteiger partial charge on any atom is -0.151 e. The molecular formula is C16H20S. The number of rotatable bonds is 1. The fourth-order valence-electron chi connectivity index (χ4n) is 3.19. The van der Waals surface area contributed by atoms with Gasteiger partial charge in [-0.1, -0.05) is 57.2 Å². The van der Waals surface area contributed by atoms with Crippen molar-refractivity contribution in [3.63, 3.8) is 0 Å². The Balaban J connectivity index is 2.01. The first-order valence-electron chi connectivity index (χ1n) is 6.53. The third-order valence-corrected chi connectivity index (χ3v) is 6.18. The normalized spacial score (nSPS) is 34.5. The lowest BCUT2D eigenvalue weighted by atomic mass is 9.76. The third-order valence-electron chi connectivity index (χ3n) is 4.37. The summed E-state index contributed by atoms with van der Waals surface area (Å²) < 4.78 is 0.426. The molecule has 1 aromatic rings. The summed E-state index contributed by atoms with van der Waals surface area (Å²) in [7, 11) is 0. The molecule has 3 rings (SSSR count). The molecule has 0 radical (unpaired) electrons. The average Bonchev–Trinajstić information content (AvgIpc) is 2.57. The van der Waals surface area contributed by atoms with Crippen LogP contribution in [0.5, 0.6) is 0 Å². The van der Waals surface area contributed by atoms with Gasteiger partial charge >= 0.3 is 0 Å². The van der Waals surface area contributed by atoms with Crippen LogP contribution in [-0.2, 0) is 0 Å². The molecule has 0 spiro atoms. The molecule has 2 aliphatic rings. The molecule has 1 saturated heterocycles. The zero-order valence-electron chi connectivity index (χ0n) is 10.8. The zero-order valence-corrected chi connectivity index (χ0v) is 11.6. The Labute approximate surface area is 109 Å². The fraction of sp³-hybridized carbons (Fsp3) is 0.500. The van der Waals surface area contributed by atoms with Gasteiger partial charge in [0.1, 0.15) is 0 Å². The largest absolute Gasteiger partial charge is 0.151 e. The van der Waals surface area contributed by atoms with Gasteiger partial charge in [-0.2, -0.15) is 11.8 Å². The summed E-state index contributed by atoms with van der Waals surface area (Å²) in [6, 6.07) is 10.9. The first kappa shape index (κ1) is 11.4. The van der Waals surface area contributed by atoms with E-state index in [4.69, 9.17) is 0 Å². The van der Waals surface area contributed by atoms with Crippen LogP contribution in [0.15, 0.2) is 36.4 Å². The van der Waals surface area contributed by atoms with Crippen LogP contribution in [-0.4, -0.2) is 10.00 Å². The van der Waals surface area contributed by atoms with Gasteiger partial charge < -0.3 is 0 Å². The topological polar surface area (TPSA) is 0 Å². The van der Waals surface area contributed by atoms with Crippen LogP contribution in [0.1, 0.15) is 32.8 Å². The molecule has 1 aromatic carbocycles. The molecule has 0 amide bonds. The maximum absolute atomic E-state index is 2.55. The molecule has 0 nitrogen and oxygen atoms in total. The van der Waals surface area contributed by atoms with Crippen molar-refractivity contribution in [1.29, 1.82) is 0 Å². The maximum atomic E-state index is 2.55. The fourth-order valence-corrected chi connectivity index (χ4v) is 4.97. The molecule has 3 atom stereocenters. The SMILES string of the molecule is CC1C(c2ccccc2)=CC2CC1SC2(C)C. The number of benzene rings is 1. The molecule has 0 saturated carbocycles. The van der Waals surface area contributed by atoms with Gasteiger partial charge in [-0.25, -0.2) is 0 Å². The van der Waals surface area contributed by atoms with Crippen molar-refractivity contribution >= 4 is 17.3 Å². The maximum Gasteiger partial charge on any atom is 0.0169 e. The monoisotopic (exact) mass is 244 g/mol. The van der Waals surface area contributed by atoms with E-state index in [0.29, 0.717) is 10.7 Å². The molecule has 0 N–H and O–H groups in total. The van der Waals surface area contributed by atoms with Crippen LogP contribution >= 0.6 is 11.8 Å². The molecule has 1 heteroatoms. The summed E-state index contributed by atoms with van der Waals surface area (Å²) >= 11 is 2.19. The number of hydrogen-bond donors (Lipinski definition) is 0. The van der Waals surface area contributed by atoms with Crippen LogP contribution in [0.2, 0.25) is 0 Å². The quantitative estimate of drug-likeness (QED) is 0.694. The highest BCUT2D eigenvalue weighted by Gasteiger charge is 2.46. The molecule has 0 aromatic heterocycles. The Morgan fingerprint density at radius 3 is 2.59 bits per heavy atom. The molecule has 17 heavy (non-hydrogen) atoms. The molecule has 1 fully saturated rings. The van der Waals surface area contributed by atoms with Crippen molar-refractivity contribution in [3.05, 3.63) is 42.0 Å². The Morgan fingerprint density at radius 2 is 1.88 bits per heavy atom. The standard InChI is InChI=1S/C16H20S/c1-11-14(12-7-5-4-6-8-12)9-13-10-15(11)17-16(13,2)3/h4-9,11,13,15H,10H2,1-3H3. The van der Waals surface area contributed by atoms with E-state index in [2.05, 4.69) is 68.9 Å². The molecule has 2 bridgehead atoms. The number of allylic oxidation sites excluding steroid dienone is 2. The first-order valence-corrected chi connectivity index (χ1v) is 7.41. The van der Waals surface area contributed by atoms with Gasteiger partial charge in [0.15, 0.2) is 0 Å². The van der Waals surface area contributed by atoms with Gasteiger partial charge in [-0.3, -0.25) is 0 Å². The molecule has 3 unspecified atom stereocenters. The van der Waals surface area contributed by atoms with Crippen molar-refractivity contribution in [1.82, 2.24) is 0 Å². The second-order valence-electron chi connectivity index (χ2n) is 5.88. The Morgan fingerprint density at radius 1 is 1.18 bits per heavy atom. The zero-order chi connectivity index (χ0) is 12.0. The van der Waals surface area contributed by atoms with Crippen molar-refractivity contribution in [2.24, 2.45) is 11.8 Å². The molecule has 1 heterocycles. The van der Waals surface area contributed by atoms with Crippen molar-refractivity contribution in [2.45, 2.75) is 37.2 Å². The third kappa shape index (κ3) is 1.85. The summed E-state index contributed by atoms with van der Waals surface area (Å²) in [5.41, 5.74) is 3.00. The van der Waals surface area contributed by atoms with Crippen LogP contribution in [0, 0.1) is 11.8 Å². The average molecular weight is 244 g/mol. The summed E-state index contributed by atoms with van der Waals surface area (Å²) in [5, 5.41) is 0.815. The smallest absolute Gasteiger partial charge is 0.0169 e. The van der Waals surface area contributed by atoms with E-state index in [1.165, 1.54) is 12.0 Å². The number of thioether (sulfide) groups is 1. The minimum atomic E-state index is 0.426. The second-order valence-corrected chi connectivity index (χ2v) is 7.77. The van der Waals surface area contributed by atoms with Crippen LogP contribution < -0.4 is 0 Å². The van der Waals surface area contributed by atoms with E-state index >= 15 is 0 Å².